The molecule has 9 aliphatic rings. The Hall–Kier alpha value is -6.78. The van der Waals surface area contributed by atoms with Crippen molar-refractivity contribution in [3.05, 3.63) is 139 Å². The van der Waals surface area contributed by atoms with Gasteiger partial charge in [0.1, 0.15) is 38.6 Å². The molecule has 3 aliphatic carbocycles. The summed E-state index contributed by atoms with van der Waals surface area (Å²) in [7, 11) is 0. The lowest BCUT2D eigenvalue weighted by Crippen LogP contribution is -2.49. The number of nitrogens with zero attached hydrogens (tertiary/aromatic N) is 2. The predicted octanol–water partition coefficient (Wildman–Crippen LogP) is 10.5. The van der Waals surface area contributed by atoms with Crippen LogP contribution in [0.15, 0.2) is 116 Å². The van der Waals surface area contributed by atoms with Gasteiger partial charge in [-0.2, -0.15) is 0 Å². The van der Waals surface area contributed by atoms with Gasteiger partial charge in [0.05, 0.1) is 13.1 Å². The molecule has 0 saturated carbocycles. The van der Waals surface area contributed by atoms with Gasteiger partial charge in [-0.05, 0) is 112 Å². The number of imide groups is 2. The first-order valence-electron chi connectivity index (χ1n) is 24.4. The molecule has 0 spiro atoms. The third kappa shape index (κ3) is 9.35. The number of ether oxygens (including phenoxy) is 8. The molecule has 14 nitrogen and oxygen atoms in total. The van der Waals surface area contributed by atoms with Crippen molar-refractivity contribution in [2.45, 2.75) is 90.1 Å². The number of amides is 4. The normalized spacial score (nSPS) is 23.0. The molecule has 4 unspecified atom stereocenters. The molecule has 0 bridgehead atoms. The molecular weight excluding hydrogens is 945 g/mol. The Kier molecular flexibility index (Phi) is 13.0. The average molecular weight is 999 g/mol. The molecule has 13 rings (SSSR count). The van der Waals surface area contributed by atoms with Crippen molar-refractivity contribution in [1.29, 1.82) is 0 Å². The van der Waals surface area contributed by atoms with Crippen molar-refractivity contribution in [2.24, 2.45) is 5.92 Å². The van der Waals surface area contributed by atoms with E-state index in [9.17, 15) is 19.2 Å². The molecule has 2 aromatic carbocycles. The van der Waals surface area contributed by atoms with Gasteiger partial charge < -0.3 is 37.9 Å². The van der Waals surface area contributed by atoms with Crippen LogP contribution in [0, 0.1) is 5.92 Å². The summed E-state index contributed by atoms with van der Waals surface area (Å²) in [5, 5.41) is 7.93. The minimum atomic E-state index is -0.530. The van der Waals surface area contributed by atoms with Gasteiger partial charge in [0.2, 0.25) is 0 Å². The lowest BCUT2D eigenvalue weighted by molar-refractivity contribution is -0.0247. The largest absolute Gasteiger partial charge is 0.486 e. The van der Waals surface area contributed by atoms with E-state index in [0.717, 1.165) is 77.3 Å². The maximum atomic E-state index is 13.6. The molecule has 2 fully saturated rings. The van der Waals surface area contributed by atoms with Crippen molar-refractivity contribution in [1.82, 2.24) is 9.80 Å². The summed E-state index contributed by atoms with van der Waals surface area (Å²) in [6.45, 7) is 8.45. The number of fused-ring (bicyclic) bond motifs is 4. The van der Waals surface area contributed by atoms with Gasteiger partial charge in [-0.15, -0.1) is 22.7 Å². The van der Waals surface area contributed by atoms with Crippen LogP contribution in [0.2, 0.25) is 0 Å². The molecule has 6 aliphatic heterocycles. The van der Waals surface area contributed by atoms with Gasteiger partial charge in [-0.25, -0.2) is 0 Å². The van der Waals surface area contributed by atoms with E-state index in [0.29, 0.717) is 47.0 Å². The Balaban J connectivity index is 0.000000146. The summed E-state index contributed by atoms with van der Waals surface area (Å²) in [4.78, 5) is 56.6. The van der Waals surface area contributed by atoms with Crippen LogP contribution in [0.4, 0.5) is 0 Å². The summed E-state index contributed by atoms with van der Waals surface area (Å²) in [5.74, 6) is 4.89. The van der Waals surface area contributed by atoms with Crippen LogP contribution in [-0.4, -0.2) is 97.4 Å². The zero-order chi connectivity index (χ0) is 48.8. The van der Waals surface area contributed by atoms with Crippen LogP contribution < -0.4 is 18.9 Å². The molecule has 2 aromatic heterocycles. The molecule has 0 N–H and O–H groups in total. The second kappa shape index (κ2) is 19.8. The van der Waals surface area contributed by atoms with Crippen LogP contribution in [0.3, 0.4) is 0 Å². The van der Waals surface area contributed by atoms with Gasteiger partial charge >= 0.3 is 0 Å². The van der Waals surface area contributed by atoms with E-state index in [1.54, 1.807) is 29.8 Å². The van der Waals surface area contributed by atoms with Crippen LogP contribution in [0.5, 0.6) is 23.0 Å². The van der Waals surface area contributed by atoms with Crippen LogP contribution in [0.1, 0.15) is 107 Å². The fourth-order valence-corrected chi connectivity index (χ4v) is 11.4. The smallest absolute Gasteiger partial charge is 0.261 e. The quantitative estimate of drug-likeness (QED) is 0.139. The number of rotatable bonds is 10. The monoisotopic (exact) mass is 998 g/mol. The lowest BCUT2D eigenvalue weighted by atomic mass is 9.85. The van der Waals surface area contributed by atoms with Crippen molar-refractivity contribution >= 4 is 57.1 Å². The Morgan fingerprint density at radius 1 is 0.507 bits per heavy atom. The number of carbonyl (C=O) groups excluding carboxylic acids is 4. The van der Waals surface area contributed by atoms with Gasteiger partial charge in [0.15, 0.2) is 58.2 Å². The molecule has 4 amide bonds. The van der Waals surface area contributed by atoms with Gasteiger partial charge in [-0.3, -0.25) is 29.0 Å². The van der Waals surface area contributed by atoms with E-state index in [1.807, 2.05) is 21.5 Å². The fourth-order valence-electron chi connectivity index (χ4n) is 10.0. The van der Waals surface area contributed by atoms with E-state index < -0.39 is 35.8 Å². The Morgan fingerprint density at radius 2 is 0.915 bits per heavy atom. The fraction of sp³-hybridized carbons (Fsp3) is 0.382. The molecule has 71 heavy (non-hydrogen) atoms. The Labute approximate surface area is 419 Å². The maximum absolute atomic E-state index is 13.6. The number of hydrogen-bond acceptors (Lipinski definition) is 14. The van der Waals surface area contributed by atoms with Crippen molar-refractivity contribution < 1.29 is 57.1 Å². The second-order valence-corrected chi connectivity index (χ2v) is 20.5. The zero-order valence-electron chi connectivity index (χ0n) is 39.8. The zero-order valence-corrected chi connectivity index (χ0v) is 41.4. The first-order chi connectivity index (χ1) is 34.6. The van der Waals surface area contributed by atoms with E-state index in [1.165, 1.54) is 34.7 Å². The van der Waals surface area contributed by atoms with E-state index in [-0.39, 0.29) is 60.8 Å². The van der Waals surface area contributed by atoms with Gasteiger partial charge in [0, 0.05) is 54.5 Å². The second-order valence-electron chi connectivity index (χ2n) is 19.0. The number of carbonyl (C=O) groups is 4. The summed E-state index contributed by atoms with van der Waals surface area (Å²) < 4.78 is 46.6. The predicted molar refractivity (Wildman–Crippen MR) is 266 cm³/mol. The Bertz CT molecular complexity index is 2760. The summed E-state index contributed by atoms with van der Waals surface area (Å²) in [6.07, 6.45) is 19.5. The van der Waals surface area contributed by atoms with Crippen LogP contribution in [-0.2, 0) is 18.9 Å². The van der Waals surface area contributed by atoms with E-state index in [4.69, 9.17) is 37.9 Å². The maximum Gasteiger partial charge on any atom is 0.261 e. The van der Waals surface area contributed by atoms with Crippen molar-refractivity contribution in [2.75, 3.05) is 39.5 Å². The topological polar surface area (TPSA) is 149 Å². The molecule has 0 radical (unpaired) electrons. The number of hydrogen-bond donors (Lipinski definition) is 0. The number of thiophene rings is 2. The molecule has 8 heterocycles. The Morgan fingerprint density at radius 3 is 1.34 bits per heavy atom. The van der Waals surface area contributed by atoms with Crippen molar-refractivity contribution in [3.63, 3.8) is 0 Å². The third-order valence-electron chi connectivity index (χ3n) is 13.6. The van der Waals surface area contributed by atoms with E-state index >= 15 is 0 Å². The molecule has 368 valence electrons. The van der Waals surface area contributed by atoms with E-state index in [2.05, 4.69) is 57.2 Å². The summed E-state index contributed by atoms with van der Waals surface area (Å²) >= 11 is 2.88. The highest BCUT2D eigenvalue weighted by molar-refractivity contribution is 7.08. The minimum Gasteiger partial charge on any atom is -0.486 e. The molecule has 4 aromatic rings. The summed E-state index contributed by atoms with van der Waals surface area (Å²) in [5.41, 5.74) is 4.08. The van der Waals surface area contributed by atoms with Crippen LogP contribution >= 0.6 is 22.7 Å². The lowest BCUT2D eigenvalue weighted by Gasteiger charge is -2.35. The van der Waals surface area contributed by atoms with Crippen LogP contribution in [0.25, 0.3) is 10.8 Å². The number of benzene rings is 2. The molecule has 2 saturated heterocycles. The average Bonchev–Trinajstić information content (AvgIpc) is 4.25. The van der Waals surface area contributed by atoms with Crippen molar-refractivity contribution in [3.8, 4) is 23.0 Å². The van der Waals surface area contributed by atoms with Gasteiger partial charge in [0.25, 0.3) is 23.6 Å². The standard InChI is InChI=1S/C28H18N2O8S2.C17H20O4.C10H16/c31-25-15-1-2-16-24-18(28(34)30(26(16)32)6-14-8-36-20-10-40-12-22(20)38-14)4-3-17(23(15)24)27(33)29(25)5-13-7-35-19-9-39-11-21(19)37-13;1(4-12-10-18-14-6-2-8-16(14)20-12)5-13-11-19-15-7-3-9-17(15)21-13;1-8(2)7-10-6-4-5-9(10)3/h1-4,9-14H,5-8H2;6-9,12-13H,1-5,10-11H2;5-6,8H,4,7H2,1-3H3. The number of allylic oxidation sites excluding steroid dienone is 8. The molecular formula is C55H54N2O12S2. The highest BCUT2D eigenvalue weighted by Gasteiger charge is 2.42. The SMILES string of the molecule is C1=C2OCC(CCCC3COC4=CCC=C4O3)OC2=CC1.CC1=CCC=C1CC(C)C.O=C1c2ccc3c4c(ccc(c24)C(=O)N1CC1COc2cscc2O1)C(=O)N(CC1COc2cscc2O1)C3=O. The molecule has 4 atom stereocenters. The third-order valence-corrected chi connectivity index (χ3v) is 15.0. The highest BCUT2D eigenvalue weighted by Crippen LogP contribution is 2.41. The summed E-state index contributed by atoms with van der Waals surface area (Å²) in [6, 6.07) is 6.19. The van der Waals surface area contributed by atoms with Gasteiger partial charge in [-0.1, -0.05) is 31.6 Å². The first-order valence-corrected chi connectivity index (χ1v) is 26.2. The first kappa shape index (κ1) is 46.6. The minimum absolute atomic E-state index is 0.00165. The molecule has 16 heteroatoms. The highest BCUT2D eigenvalue weighted by atomic mass is 32.1.